The zero-order valence-corrected chi connectivity index (χ0v) is 11.6. The summed E-state index contributed by atoms with van der Waals surface area (Å²) in [6.07, 6.45) is 4.87. The molecule has 0 unspecified atom stereocenters. The van der Waals surface area contributed by atoms with Gasteiger partial charge in [-0.05, 0) is 31.9 Å². The van der Waals surface area contributed by atoms with Gasteiger partial charge in [-0.3, -0.25) is 5.32 Å². The maximum Gasteiger partial charge on any atom is 0.411 e. The summed E-state index contributed by atoms with van der Waals surface area (Å²) < 4.78 is 16.8. The normalized spacial score (nSPS) is 18.9. The number of rotatable bonds is 2. The minimum atomic E-state index is -0.483. The minimum Gasteiger partial charge on any atom is -0.450 e. The minimum absolute atomic E-state index is 0.347. The molecule has 5 nitrogen and oxygen atoms in total. The van der Waals surface area contributed by atoms with E-state index in [2.05, 4.69) is 5.32 Å². The predicted molar refractivity (Wildman–Crippen MR) is 74.2 cm³/mol. The number of carbonyl (C=O) groups is 1. The van der Waals surface area contributed by atoms with Crippen LogP contribution in [0.4, 0.5) is 10.5 Å². The molecule has 0 atom stereocenters. The molecule has 1 aliphatic heterocycles. The zero-order chi connectivity index (χ0) is 14.0. The van der Waals surface area contributed by atoms with Crippen LogP contribution in [-0.2, 0) is 4.74 Å². The summed E-state index contributed by atoms with van der Waals surface area (Å²) in [6, 6.07) is 5.41. The van der Waals surface area contributed by atoms with E-state index in [1.54, 1.807) is 19.1 Å². The molecule has 5 heteroatoms. The lowest BCUT2D eigenvalue weighted by molar-refractivity contribution is -0.105. The SMILES string of the molecule is CCOC(=O)Nc1ccc2c(c1)OC1(CCCCC1)O2. The van der Waals surface area contributed by atoms with Gasteiger partial charge in [-0.1, -0.05) is 6.42 Å². The van der Waals surface area contributed by atoms with Crippen LogP contribution in [0.1, 0.15) is 39.0 Å². The van der Waals surface area contributed by atoms with Crippen molar-refractivity contribution in [2.24, 2.45) is 0 Å². The molecule has 20 heavy (non-hydrogen) atoms. The molecule has 1 amide bonds. The zero-order valence-electron chi connectivity index (χ0n) is 11.6. The van der Waals surface area contributed by atoms with Gasteiger partial charge in [0.2, 0.25) is 0 Å². The highest BCUT2D eigenvalue weighted by Gasteiger charge is 2.42. The molecule has 2 aliphatic rings. The number of nitrogens with one attached hydrogen (secondary N) is 1. The highest BCUT2D eigenvalue weighted by atomic mass is 16.7. The lowest BCUT2D eigenvalue weighted by Gasteiger charge is -2.31. The van der Waals surface area contributed by atoms with Gasteiger partial charge in [0.05, 0.1) is 6.61 Å². The van der Waals surface area contributed by atoms with Gasteiger partial charge in [0.25, 0.3) is 5.79 Å². The van der Waals surface area contributed by atoms with E-state index in [0.29, 0.717) is 18.0 Å². The van der Waals surface area contributed by atoms with Gasteiger partial charge < -0.3 is 14.2 Å². The van der Waals surface area contributed by atoms with E-state index in [1.165, 1.54) is 6.42 Å². The van der Waals surface area contributed by atoms with Gasteiger partial charge >= 0.3 is 6.09 Å². The van der Waals surface area contributed by atoms with E-state index in [9.17, 15) is 4.79 Å². The van der Waals surface area contributed by atoms with Gasteiger partial charge in [-0.2, -0.15) is 0 Å². The fourth-order valence-corrected chi connectivity index (χ4v) is 2.75. The van der Waals surface area contributed by atoms with Crippen LogP contribution in [0.3, 0.4) is 0 Å². The van der Waals surface area contributed by atoms with Crippen LogP contribution in [0.5, 0.6) is 11.5 Å². The molecule has 1 heterocycles. The molecule has 1 fully saturated rings. The van der Waals surface area contributed by atoms with Crippen LogP contribution >= 0.6 is 0 Å². The van der Waals surface area contributed by atoms with Crippen LogP contribution < -0.4 is 14.8 Å². The van der Waals surface area contributed by atoms with E-state index in [1.807, 2.05) is 6.07 Å². The predicted octanol–water partition coefficient (Wildman–Crippen LogP) is 3.69. The Bertz CT molecular complexity index is 509. The molecular weight excluding hydrogens is 258 g/mol. The van der Waals surface area contributed by atoms with Crippen LogP contribution in [0.25, 0.3) is 0 Å². The maximum atomic E-state index is 11.4. The third-order valence-corrected chi connectivity index (χ3v) is 3.67. The van der Waals surface area contributed by atoms with Crippen molar-refractivity contribution < 1.29 is 19.0 Å². The van der Waals surface area contributed by atoms with Crippen molar-refractivity contribution in [3.63, 3.8) is 0 Å². The first-order valence-corrected chi connectivity index (χ1v) is 7.17. The Hall–Kier alpha value is -1.91. The summed E-state index contributed by atoms with van der Waals surface area (Å²) in [7, 11) is 0. The molecule has 0 bridgehead atoms. The lowest BCUT2D eigenvalue weighted by Crippen LogP contribution is -2.40. The van der Waals surface area contributed by atoms with E-state index in [0.717, 1.165) is 31.4 Å². The molecule has 3 rings (SSSR count). The number of amides is 1. The number of carbonyl (C=O) groups excluding carboxylic acids is 1. The van der Waals surface area contributed by atoms with Gasteiger partial charge in [-0.15, -0.1) is 0 Å². The first-order valence-electron chi connectivity index (χ1n) is 7.17. The van der Waals surface area contributed by atoms with Crippen molar-refractivity contribution in [3.8, 4) is 11.5 Å². The molecule has 0 radical (unpaired) electrons. The van der Waals surface area contributed by atoms with Crippen molar-refractivity contribution in [2.75, 3.05) is 11.9 Å². The molecule has 1 N–H and O–H groups in total. The number of ether oxygens (including phenoxy) is 3. The van der Waals surface area contributed by atoms with Gasteiger partial charge in [0.15, 0.2) is 11.5 Å². The van der Waals surface area contributed by atoms with E-state index in [-0.39, 0.29) is 0 Å². The summed E-state index contributed by atoms with van der Waals surface area (Å²) in [5, 5.41) is 2.67. The van der Waals surface area contributed by atoms with Crippen LogP contribution in [0.15, 0.2) is 18.2 Å². The molecule has 0 aromatic heterocycles. The topological polar surface area (TPSA) is 56.8 Å². The van der Waals surface area contributed by atoms with E-state index >= 15 is 0 Å². The average molecular weight is 277 g/mol. The summed E-state index contributed by atoms with van der Waals surface area (Å²) in [4.78, 5) is 11.4. The smallest absolute Gasteiger partial charge is 0.411 e. The Morgan fingerprint density at radius 3 is 2.75 bits per heavy atom. The number of anilines is 1. The summed E-state index contributed by atoms with van der Waals surface area (Å²) >= 11 is 0. The third kappa shape index (κ3) is 2.53. The molecule has 1 aromatic carbocycles. The Kier molecular flexibility index (Phi) is 3.42. The third-order valence-electron chi connectivity index (χ3n) is 3.67. The summed E-state index contributed by atoms with van der Waals surface area (Å²) in [6.45, 7) is 2.12. The van der Waals surface area contributed by atoms with E-state index < -0.39 is 11.9 Å². The van der Waals surface area contributed by atoms with Crippen molar-refractivity contribution in [2.45, 2.75) is 44.8 Å². The van der Waals surface area contributed by atoms with E-state index in [4.69, 9.17) is 14.2 Å². The van der Waals surface area contributed by atoms with Crippen LogP contribution in [0.2, 0.25) is 0 Å². The Morgan fingerprint density at radius 1 is 1.25 bits per heavy atom. The fraction of sp³-hybridized carbons (Fsp3) is 0.533. The second kappa shape index (κ2) is 5.23. The summed E-state index contributed by atoms with van der Waals surface area (Å²) in [5.74, 6) is 0.964. The van der Waals surface area contributed by atoms with Gasteiger partial charge in [0, 0.05) is 24.6 Å². The second-order valence-electron chi connectivity index (χ2n) is 5.18. The van der Waals surface area contributed by atoms with Crippen molar-refractivity contribution in [3.05, 3.63) is 18.2 Å². The Balaban J connectivity index is 1.72. The summed E-state index contributed by atoms with van der Waals surface area (Å²) in [5.41, 5.74) is 0.652. The molecular formula is C15H19NO4. The molecule has 1 aliphatic carbocycles. The molecule has 1 aromatic rings. The number of hydrogen-bond donors (Lipinski definition) is 1. The largest absolute Gasteiger partial charge is 0.450 e. The van der Waals surface area contributed by atoms with Crippen molar-refractivity contribution >= 4 is 11.8 Å². The van der Waals surface area contributed by atoms with Gasteiger partial charge in [0.1, 0.15) is 0 Å². The van der Waals surface area contributed by atoms with Crippen LogP contribution in [-0.4, -0.2) is 18.5 Å². The number of hydrogen-bond acceptors (Lipinski definition) is 4. The Labute approximate surface area is 118 Å². The molecule has 1 spiro atoms. The molecule has 1 saturated carbocycles. The molecule has 108 valence electrons. The highest BCUT2D eigenvalue weighted by molar-refractivity contribution is 5.85. The first kappa shape index (κ1) is 13.1. The average Bonchev–Trinajstić information content (AvgIpc) is 2.76. The lowest BCUT2D eigenvalue weighted by atomic mass is 9.94. The standard InChI is InChI=1S/C15H19NO4/c1-2-18-14(17)16-11-6-7-12-13(10-11)20-15(19-12)8-4-3-5-9-15/h6-7,10H,2-5,8-9H2,1H3,(H,16,17). The fourth-order valence-electron chi connectivity index (χ4n) is 2.75. The quantitative estimate of drug-likeness (QED) is 0.895. The maximum absolute atomic E-state index is 11.4. The Morgan fingerprint density at radius 2 is 2.00 bits per heavy atom. The van der Waals surface area contributed by atoms with Gasteiger partial charge in [-0.25, -0.2) is 4.79 Å². The number of benzene rings is 1. The first-order chi connectivity index (χ1) is 9.71. The second-order valence-corrected chi connectivity index (χ2v) is 5.18. The van der Waals surface area contributed by atoms with Crippen molar-refractivity contribution in [1.82, 2.24) is 0 Å². The van der Waals surface area contributed by atoms with Crippen LogP contribution in [0, 0.1) is 0 Å². The van der Waals surface area contributed by atoms with Crippen molar-refractivity contribution in [1.29, 1.82) is 0 Å². The monoisotopic (exact) mass is 277 g/mol. The highest BCUT2D eigenvalue weighted by Crippen LogP contribution is 2.46. The molecule has 0 saturated heterocycles. The number of fused-ring (bicyclic) bond motifs is 1.